The Morgan fingerprint density at radius 3 is 2.21 bits per heavy atom. The van der Waals surface area contributed by atoms with Gasteiger partial charge in [0.15, 0.2) is 0 Å². The molecule has 19 heavy (non-hydrogen) atoms. The van der Waals surface area contributed by atoms with Crippen LogP contribution in [0.5, 0.6) is 0 Å². The minimum atomic E-state index is -0.640. The molecule has 1 aromatic rings. The Hall–Kier alpha value is -2.12. The highest BCUT2D eigenvalue weighted by molar-refractivity contribution is 5.95. The molecule has 0 spiro atoms. The topological polar surface area (TPSA) is 119 Å². The molecular weight excluding hydrogens is 248 g/mol. The van der Waals surface area contributed by atoms with E-state index in [0.717, 1.165) is 0 Å². The largest absolute Gasteiger partial charge is 0.385 e. The molecule has 0 fully saturated rings. The molecule has 1 rings (SSSR count). The lowest BCUT2D eigenvalue weighted by molar-refractivity contribution is -0.117. The van der Waals surface area contributed by atoms with Crippen molar-refractivity contribution in [1.82, 2.24) is 0 Å². The Morgan fingerprint density at radius 1 is 1.21 bits per heavy atom. The lowest BCUT2D eigenvalue weighted by atomic mass is 10.2. The first-order valence-corrected chi connectivity index (χ1v) is 5.75. The van der Waals surface area contributed by atoms with Crippen LogP contribution in [0.2, 0.25) is 0 Å². The fourth-order valence-corrected chi connectivity index (χ4v) is 1.39. The van der Waals surface area contributed by atoms with Crippen molar-refractivity contribution in [3.8, 4) is 0 Å². The van der Waals surface area contributed by atoms with E-state index in [9.17, 15) is 9.59 Å². The van der Waals surface area contributed by atoms with Crippen LogP contribution in [-0.2, 0) is 9.53 Å². The molecule has 0 aromatic heterocycles. The Morgan fingerprint density at radius 2 is 1.74 bits per heavy atom. The summed E-state index contributed by atoms with van der Waals surface area (Å²) < 4.78 is 4.85. The molecule has 7 heteroatoms. The number of hydrogen-bond acceptors (Lipinski definition) is 4. The summed E-state index contributed by atoms with van der Waals surface area (Å²) in [4.78, 5) is 22.3. The molecule has 1 aromatic carbocycles. The van der Waals surface area contributed by atoms with Crippen LogP contribution in [0.4, 0.5) is 16.2 Å². The van der Waals surface area contributed by atoms with Crippen molar-refractivity contribution in [2.45, 2.75) is 12.5 Å². The molecule has 0 radical (unpaired) electrons. The van der Waals surface area contributed by atoms with Crippen molar-refractivity contribution in [2.24, 2.45) is 11.5 Å². The highest BCUT2D eigenvalue weighted by Gasteiger charge is 2.12. The van der Waals surface area contributed by atoms with E-state index in [4.69, 9.17) is 16.2 Å². The number of methoxy groups -OCH3 is 1. The van der Waals surface area contributed by atoms with Gasteiger partial charge in [0, 0.05) is 25.1 Å². The Labute approximate surface area is 111 Å². The predicted molar refractivity (Wildman–Crippen MR) is 72.7 cm³/mol. The molecular formula is C12H18N4O3. The van der Waals surface area contributed by atoms with Crippen molar-refractivity contribution < 1.29 is 14.3 Å². The standard InChI is InChI=1S/C12H18N4O3/c1-19-7-6-10(13)11(17)15-8-2-4-9(5-3-8)16-12(14)18/h2-5,10H,6-7,13H2,1H3,(H,15,17)(H3,14,16,18). The molecule has 1 unspecified atom stereocenters. The number of amides is 3. The van der Waals surface area contributed by atoms with E-state index in [-0.39, 0.29) is 5.91 Å². The maximum Gasteiger partial charge on any atom is 0.316 e. The minimum Gasteiger partial charge on any atom is -0.385 e. The third-order valence-corrected chi connectivity index (χ3v) is 2.39. The van der Waals surface area contributed by atoms with Gasteiger partial charge in [-0.3, -0.25) is 4.79 Å². The number of nitrogens with one attached hydrogen (secondary N) is 2. The van der Waals surface area contributed by atoms with E-state index in [2.05, 4.69) is 10.6 Å². The Kier molecular flexibility index (Phi) is 5.77. The quantitative estimate of drug-likeness (QED) is 0.598. The lowest BCUT2D eigenvalue weighted by Gasteiger charge is -2.12. The van der Waals surface area contributed by atoms with Crippen LogP contribution in [0, 0.1) is 0 Å². The van der Waals surface area contributed by atoms with Crippen LogP contribution in [0.15, 0.2) is 24.3 Å². The van der Waals surface area contributed by atoms with Gasteiger partial charge in [0.25, 0.3) is 0 Å². The summed E-state index contributed by atoms with van der Waals surface area (Å²) in [7, 11) is 1.55. The summed E-state index contributed by atoms with van der Waals surface area (Å²) >= 11 is 0. The smallest absolute Gasteiger partial charge is 0.316 e. The summed E-state index contributed by atoms with van der Waals surface area (Å²) in [6, 6.07) is 5.28. The normalized spacial score (nSPS) is 11.7. The van der Waals surface area contributed by atoms with Gasteiger partial charge < -0.3 is 26.8 Å². The molecule has 0 saturated heterocycles. The second-order valence-corrected chi connectivity index (χ2v) is 3.94. The first-order valence-electron chi connectivity index (χ1n) is 5.75. The highest BCUT2D eigenvalue weighted by atomic mass is 16.5. The minimum absolute atomic E-state index is 0.285. The SMILES string of the molecule is COCCC(N)C(=O)Nc1ccc(NC(N)=O)cc1. The van der Waals surface area contributed by atoms with E-state index >= 15 is 0 Å². The van der Waals surface area contributed by atoms with Crippen molar-refractivity contribution in [3.63, 3.8) is 0 Å². The van der Waals surface area contributed by atoms with Crippen LogP contribution in [0.3, 0.4) is 0 Å². The van der Waals surface area contributed by atoms with Crippen molar-refractivity contribution in [3.05, 3.63) is 24.3 Å². The van der Waals surface area contributed by atoms with Gasteiger partial charge in [-0.05, 0) is 30.7 Å². The van der Waals surface area contributed by atoms with E-state index in [1.165, 1.54) is 0 Å². The monoisotopic (exact) mass is 266 g/mol. The summed E-state index contributed by atoms with van der Waals surface area (Å²) in [6.45, 7) is 0.427. The van der Waals surface area contributed by atoms with Gasteiger partial charge in [0.05, 0.1) is 6.04 Å². The maximum atomic E-state index is 11.7. The Balaban J connectivity index is 2.52. The van der Waals surface area contributed by atoms with Crippen molar-refractivity contribution in [2.75, 3.05) is 24.4 Å². The maximum absolute atomic E-state index is 11.7. The molecule has 0 aliphatic heterocycles. The van der Waals surface area contributed by atoms with E-state index in [0.29, 0.717) is 24.4 Å². The number of carbonyl (C=O) groups is 2. The molecule has 0 bridgehead atoms. The molecule has 6 N–H and O–H groups in total. The summed E-state index contributed by atoms with van der Waals surface area (Å²) in [5, 5.41) is 5.09. The predicted octanol–water partition coefficient (Wildman–Crippen LogP) is 0.479. The summed E-state index contributed by atoms with van der Waals surface area (Å²) in [5.74, 6) is -0.285. The molecule has 3 amide bonds. The van der Waals surface area contributed by atoms with Crippen molar-refractivity contribution in [1.29, 1.82) is 0 Å². The molecule has 104 valence electrons. The van der Waals surface area contributed by atoms with Gasteiger partial charge >= 0.3 is 6.03 Å². The number of benzene rings is 1. The number of urea groups is 1. The second-order valence-electron chi connectivity index (χ2n) is 3.94. The lowest BCUT2D eigenvalue weighted by Crippen LogP contribution is -2.36. The first kappa shape index (κ1) is 14.9. The van der Waals surface area contributed by atoms with Gasteiger partial charge in [0.1, 0.15) is 0 Å². The van der Waals surface area contributed by atoms with Gasteiger partial charge in [-0.15, -0.1) is 0 Å². The number of rotatable bonds is 6. The van der Waals surface area contributed by atoms with E-state index in [1.54, 1.807) is 31.4 Å². The van der Waals surface area contributed by atoms with Gasteiger partial charge in [-0.2, -0.15) is 0 Å². The molecule has 0 heterocycles. The molecule has 0 aliphatic rings. The number of carbonyl (C=O) groups excluding carboxylic acids is 2. The average Bonchev–Trinajstić information content (AvgIpc) is 2.37. The van der Waals surface area contributed by atoms with Crippen LogP contribution < -0.4 is 22.1 Å². The zero-order chi connectivity index (χ0) is 14.3. The number of nitrogens with two attached hydrogens (primary N) is 2. The molecule has 0 aliphatic carbocycles. The molecule has 1 atom stereocenters. The van der Waals surface area contributed by atoms with Crippen LogP contribution in [0.25, 0.3) is 0 Å². The van der Waals surface area contributed by atoms with Crippen LogP contribution in [0.1, 0.15) is 6.42 Å². The first-order chi connectivity index (χ1) is 9.02. The number of ether oxygens (including phenoxy) is 1. The summed E-state index contributed by atoms with van der Waals surface area (Å²) in [5.41, 5.74) is 11.8. The van der Waals surface area contributed by atoms with Crippen molar-refractivity contribution >= 4 is 23.3 Å². The third kappa shape index (κ3) is 5.36. The zero-order valence-electron chi connectivity index (χ0n) is 10.7. The summed E-state index contributed by atoms with van der Waals surface area (Å²) in [6.07, 6.45) is 0.448. The number of hydrogen-bond donors (Lipinski definition) is 4. The Bertz CT molecular complexity index is 433. The second kappa shape index (κ2) is 7.34. The average molecular weight is 266 g/mol. The fourth-order valence-electron chi connectivity index (χ4n) is 1.39. The van der Waals surface area contributed by atoms with Gasteiger partial charge in [-0.25, -0.2) is 4.79 Å². The zero-order valence-corrected chi connectivity index (χ0v) is 10.7. The highest BCUT2D eigenvalue weighted by Crippen LogP contribution is 2.13. The fraction of sp³-hybridized carbons (Fsp3) is 0.333. The molecule has 7 nitrogen and oxygen atoms in total. The van der Waals surface area contributed by atoms with Gasteiger partial charge in [-0.1, -0.05) is 0 Å². The van der Waals surface area contributed by atoms with Crippen LogP contribution >= 0.6 is 0 Å². The van der Waals surface area contributed by atoms with Crippen LogP contribution in [-0.4, -0.2) is 31.7 Å². The van der Waals surface area contributed by atoms with E-state index < -0.39 is 12.1 Å². The number of anilines is 2. The third-order valence-electron chi connectivity index (χ3n) is 2.39. The van der Waals surface area contributed by atoms with Gasteiger partial charge in [0.2, 0.25) is 5.91 Å². The molecule has 0 saturated carbocycles. The van der Waals surface area contributed by atoms with E-state index in [1.807, 2.05) is 0 Å². The number of primary amides is 1.